The Balaban J connectivity index is 2.09. The fraction of sp³-hybridized carbons (Fsp3) is 0.444. The highest BCUT2D eigenvalue weighted by molar-refractivity contribution is 6.07. The van der Waals surface area contributed by atoms with Crippen LogP contribution in [0.3, 0.4) is 0 Å². The minimum atomic E-state index is 1.01. The van der Waals surface area contributed by atoms with Crippen LogP contribution in [0.2, 0.25) is 0 Å². The van der Waals surface area contributed by atoms with Gasteiger partial charge in [-0.05, 0) is 62.8 Å². The topological polar surface area (TPSA) is 44.8 Å². The smallest absolute Gasteiger partial charge is 0.132 e. The summed E-state index contributed by atoms with van der Waals surface area (Å²) in [7, 11) is 0. The maximum absolute atomic E-state index is 5.04. The van der Waals surface area contributed by atoms with E-state index in [0.717, 1.165) is 37.0 Å². The van der Waals surface area contributed by atoms with Gasteiger partial charge >= 0.3 is 0 Å². The summed E-state index contributed by atoms with van der Waals surface area (Å²) in [5.74, 6) is 1.20. The highest BCUT2D eigenvalue weighted by Gasteiger charge is 2.22. The van der Waals surface area contributed by atoms with E-state index in [4.69, 9.17) is 4.98 Å². The zero-order chi connectivity index (χ0) is 15.1. The molecule has 4 heteroatoms. The lowest BCUT2D eigenvalue weighted by molar-refractivity contribution is 0.682. The standard InChI is InChI=1S/C18H22N4/c1-3-22(4-2)18-13-8-6-5-7-12(13)17-14-11-19-21-15(14)9-10-16(17)20-18/h9-11H,3-8H2,1-2H3,(H,19,21). The van der Waals surface area contributed by atoms with Crippen LogP contribution in [0.1, 0.15) is 37.8 Å². The van der Waals surface area contributed by atoms with Gasteiger partial charge in [0.05, 0.1) is 17.2 Å². The molecular weight excluding hydrogens is 272 g/mol. The molecule has 2 heterocycles. The number of hydrogen-bond acceptors (Lipinski definition) is 3. The summed E-state index contributed by atoms with van der Waals surface area (Å²) in [6.45, 7) is 6.44. The fourth-order valence-corrected chi connectivity index (χ4v) is 3.81. The first-order valence-electron chi connectivity index (χ1n) is 8.36. The first-order chi connectivity index (χ1) is 10.8. The minimum Gasteiger partial charge on any atom is -0.357 e. The Labute approximate surface area is 130 Å². The summed E-state index contributed by atoms with van der Waals surface area (Å²) >= 11 is 0. The van der Waals surface area contributed by atoms with E-state index < -0.39 is 0 Å². The van der Waals surface area contributed by atoms with Crippen molar-refractivity contribution in [3.05, 3.63) is 29.5 Å². The van der Waals surface area contributed by atoms with Crippen LogP contribution < -0.4 is 4.90 Å². The van der Waals surface area contributed by atoms with Crippen LogP contribution in [0.4, 0.5) is 5.82 Å². The molecule has 0 bridgehead atoms. The first kappa shape index (κ1) is 13.6. The van der Waals surface area contributed by atoms with Crippen molar-refractivity contribution in [2.75, 3.05) is 18.0 Å². The van der Waals surface area contributed by atoms with Crippen molar-refractivity contribution < 1.29 is 0 Å². The van der Waals surface area contributed by atoms with Gasteiger partial charge in [-0.3, -0.25) is 5.10 Å². The van der Waals surface area contributed by atoms with Gasteiger partial charge in [-0.2, -0.15) is 5.10 Å². The monoisotopic (exact) mass is 294 g/mol. The van der Waals surface area contributed by atoms with Crippen LogP contribution in [0.5, 0.6) is 0 Å². The molecule has 0 saturated carbocycles. The van der Waals surface area contributed by atoms with Gasteiger partial charge in [0.25, 0.3) is 0 Å². The number of benzene rings is 1. The van der Waals surface area contributed by atoms with E-state index in [9.17, 15) is 0 Å². The molecule has 1 aromatic carbocycles. The van der Waals surface area contributed by atoms with E-state index in [-0.39, 0.29) is 0 Å². The van der Waals surface area contributed by atoms with E-state index in [1.807, 2.05) is 6.20 Å². The van der Waals surface area contributed by atoms with Crippen LogP contribution in [0.25, 0.3) is 21.8 Å². The molecule has 0 radical (unpaired) electrons. The third-order valence-electron chi connectivity index (χ3n) is 4.93. The zero-order valence-electron chi connectivity index (χ0n) is 13.3. The van der Waals surface area contributed by atoms with E-state index in [1.165, 1.54) is 40.6 Å². The van der Waals surface area contributed by atoms with Crippen molar-refractivity contribution >= 4 is 27.6 Å². The number of nitrogens with one attached hydrogen (secondary N) is 1. The maximum Gasteiger partial charge on any atom is 0.132 e. The van der Waals surface area contributed by atoms with E-state index in [0.29, 0.717) is 0 Å². The summed E-state index contributed by atoms with van der Waals surface area (Å²) in [4.78, 5) is 7.44. The summed E-state index contributed by atoms with van der Waals surface area (Å²) in [5.41, 5.74) is 5.19. The van der Waals surface area contributed by atoms with Crippen molar-refractivity contribution in [1.82, 2.24) is 15.2 Å². The molecule has 0 fully saturated rings. The number of aromatic nitrogens is 3. The molecule has 2 aromatic heterocycles. The van der Waals surface area contributed by atoms with Crippen molar-refractivity contribution in [2.24, 2.45) is 0 Å². The average molecular weight is 294 g/mol. The van der Waals surface area contributed by atoms with E-state index in [1.54, 1.807) is 0 Å². The molecular formula is C18H22N4. The highest BCUT2D eigenvalue weighted by atomic mass is 15.2. The van der Waals surface area contributed by atoms with E-state index in [2.05, 4.69) is 41.1 Å². The number of pyridine rings is 1. The fourth-order valence-electron chi connectivity index (χ4n) is 3.81. The number of rotatable bonds is 3. The van der Waals surface area contributed by atoms with Gasteiger partial charge < -0.3 is 4.90 Å². The van der Waals surface area contributed by atoms with Crippen molar-refractivity contribution in [1.29, 1.82) is 0 Å². The molecule has 1 aliphatic rings. The van der Waals surface area contributed by atoms with Crippen molar-refractivity contribution in [3.8, 4) is 0 Å². The Morgan fingerprint density at radius 1 is 1.09 bits per heavy atom. The van der Waals surface area contributed by atoms with E-state index >= 15 is 0 Å². The van der Waals surface area contributed by atoms with Crippen molar-refractivity contribution in [2.45, 2.75) is 39.5 Å². The molecule has 0 spiro atoms. The van der Waals surface area contributed by atoms with Crippen LogP contribution in [0.15, 0.2) is 18.3 Å². The molecule has 114 valence electrons. The number of hydrogen-bond donors (Lipinski definition) is 1. The van der Waals surface area contributed by atoms with Gasteiger partial charge in [0.15, 0.2) is 0 Å². The van der Waals surface area contributed by atoms with Gasteiger partial charge in [-0.15, -0.1) is 0 Å². The molecule has 0 atom stereocenters. The number of H-pyrrole nitrogens is 1. The molecule has 0 amide bonds. The molecule has 0 aliphatic heterocycles. The Hall–Kier alpha value is -2.10. The molecule has 0 unspecified atom stereocenters. The van der Waals surface area contributed by atoms with Crippen LogP contribution in [-0.2, 0) is 12.8 Å². The summed E-state index contributed by atoms with van der Waals surface area (Å²) < 4.78 is 0. The second kappa shape index (κ2) is 5.27. The van der Waals surface area contributed by atoms with Crippen LogP contribution in [-0.4, -0.2) is 28.3 Å². The van der Waals surface area contributed by atoms with Gasteiger partial charge in [0, 0.05) is 23.9 Å². The second-order valence-corrected chi connectivity index (χ2v) is 6.06. The molecule has 0 saturated heterocycles. The lowest BCUT2D eigenvalue weighted by Crippen LogP contribution is -2.26. The summed E-state index contributed by atoms with van der Waals surface area (Å²) in [6.07, 6.45) is 6.81. The highest BCUT2D eigenvalue weighted by Crippen LogP contribution is 2.37. The third kappa shape index (κ3) is 1.90. The Bertz CT molecular complexity index is 830. The molecule has 1 N–H and O–H groups in total. The largest absolute Gasteiger partial charge is 0.357 e. The quantitative estimate of drug-likeness (QED) is 0.798. The number of aryl methyl sites for hydroxylation is 1. The Kier molecular flexibility index (Phi) is 3.25. The van der Waals surface area contributed by atoms with Gasteiger partial charge in [-0.1, -0.05) is 0 Å². The van der Waals surface area contributed by atoms with Crippen LogP contribution in [0, 0.1) is 0 Å². The normalized spacial score (nSPS) is 14.5. The molecule has 1 aliphatic carbocycles. The van der Waals surface area contributed by atoms with Crippen LogP contribution >= 0.6 is 0 Å². The lowest BCUT2D eigenvalue weighted by atomic mass is 9.88. The maximum atomic E-state index is 5.04. The number of fused-ring (bicyclic) bond motifs is 5. The number of anilines is 1. The second-order valence-electron chi connectivity index (χ2n) is 6.06. The molecule has 22 heavy (non-hydrogen) atoms. The average Bonchev–Trinajstić information content (AvgIpc) is 3.04. The first-order valence-corrected chi connectivity index (χ1v) is 8.36. The van der Waals surface area contributed by atoms with Gasteiger partial charge in [0.1, 0.15) is 5.82 Å². The predicted octanol–water partition coefficient (Wildman–Crippen LogP) is 3.84. The minimum absolute atomic E-state index is 1.01. The predicted molar refractivity (Wildman–Crippen MR) is 91.6 cm³/mol. The third-order valence-corrected chi connectivity index (χ3v) is 4.93. The SMILES string of the molecule is CCN(CC)c1nc2ccc3[nH]ncc3c2c2c1CCCC2. The van der Waals surface area contributed by atoms with Gasteiger partial charge in [0.2, 0.25) is 0 Å². The Morgan fingerprint density at radius 3 is 2.64 bits per heavy atom. The lowest BCUT2D eigenvalue weighted by Gasteiger charge is -2.28. The number of nitrogens with zero attached hydrogens (tertiary/aromatic N) is 3. The molecule has 3 aromatic rings. The van der Waals surface area contributed by atoms with Gasteiger partial charge in [-0.25, -0.2) is 4.98 Å². The zero-order valence-corrected chi connectivity index (χ0v) is 13.3. The summed E-state index contributed by atoms with van der Waals surface area (Å²) in [5, 5.41) is 9.85. The molecule has 4 nitrogen and oxygen atoms in total. The van der Waals surface area contributed by atoms with Crippen molar-refractivity contribution in [3.63, 3.8) is 0 Å². The molecule has 4 rings (SSSR count). The summed E-state index contributed by atoms with van der Waals surface area (Å²) in [6, 6.07) is 4.23. The number of aromatic amines is 1. The Morgan fingerprint density at radius 2 is 1.86 bits per heavy atom.